The lowest BCUT2D eigenvalue weighted by Gasteiger charge is -2.21. The molecular weight excluding hydrogens is 208 g/mol. The molecule has 0 heterocycles. The quantitative estimate of drug-likeness (QED) is 0.321. The lowest BCUT2D eigenvalue weighted by molar-refractivity contribution is 0.507. The summed E-state index contributed by atoms with van der Waals surface area (Å²) in [5, 5.41) is 0. The highest BCUT2D eigenvalue weighted by Crippen LogP contribution is 2.21. The van der Waals surface area contributed by atoms with E-state index in [2.05, 4.69) is 33.5 Å². The third-order valence-corrected chi connectivity index (χ3v) is 5.18. The average molecular weight is 243 g/mol. The van der Waals surface area contributed by atoms with E-state index in [0.29, 0.717) is 0 Å². The van der Waals surface area contributed by atoms with E-state index < -0.39 is 8.07 Å². The fourth-order valence-corrected chi connectivity index (χ4v) is 4.89. The molecule has 0 aliphatic rings. The molecule has 1 heteroatoms. The van der Waals surface area contributed by atoms with Crippen molar-refractivity contribution in [3.8, 4) is 0 Å². The van der Waals surface area contributed by atoms with E-state index in [9.17, 15) is 0 Å². The summed E-state index contributed by atoms with van der Waals surface area (Å²) < 4.78 is 0. The lowest BCUT2D eigenvalue weighted by Crippen LogP contribution is -2.22. The van der Waals surface area contributed by atoms with Crippen LogP contribution in [0.5, 0.6) is 0 Å². The van der Waals surface area contributed by atoms with Gasteiger partial charge in [0.2, 0.25) is 0 Å². The van der Waals surface area contributed by atoms with Crippen LogP contribution in [0.15, 0.2) is 0 Å². The second-order valence-corrected chi connectivity index (χ2v) is 12.3. The van der Waals surface area contributed by atoms with E-state index >= 15 is 0 Å². The molecule has 1 unspecified atom stereocenters. The number of hydrogen-bond acceptors (Lipinski definition) is 0. The van der Waals surface area contributed by atoms with Gasteiger partial charge < -0.3 is 0 Å². The van der Waals surface area contributed by atoms with Gasteiger partial charge in [-0.1, -0.05) is 90.9 Å². The van der Waals surface area contributed by atoms with Crippen LogP contribution < -0.4 is 0 Å². The monoisotopic (exact) mass is 242 g/mol. The highest BCUT2D eigenvalue weighted by Gasteiger charge is 2.16. The van der Waals surface area contributed by atoms with Crippen molar-refractivity contribution in [2.75, 3.05) is 0 Å². The zero-order valence-electron chi connectivity index (χ0n) is 12.4. The van der Waals surface area contributed by atoms with Crippen LogP contribution in [-0.4, -0.2) is 8.07 Å². The summed E-state index contributed by atoms with van der Waals surface area (Å²) >= 11 is 0. The van der Waals surface area contributed by atoms with Crippen molar-refractivity contribution in [1.29, 1.82) is 0 Å². The molecule has 0 aromatic heterocycles. The fraction of sp³-hybridized carbons (Fsp3) is 1.00. The van der Waals surface area contributed by atoms with E-state index in [1.165, 1.54) is 57.4 Å². The standard InChI is InChI=1S/C15H34Si/c1-6-7-8-9-10-11-12-13-15(2)14-16(3,4)5/h15H,6-14H2,1-5H3. The van der Waals surface area contributed by atoms with Crippen LogP contribution in [0.1, 0.15) is 65.2 Å². The summed E-state index contributed by atoms with van der Waals surface area (Å²) in [7, 11) is -0.806. The van der Waals surface area contributed by atoms with Crippen LogP contribution in [0.3, 0.4) is 0 Å². The molecular formula is C15H34Si. The van der Waals surface area contributed by atoms with Crippen molar-refractivity contribution < 1.29 is 0 Å². The fourth-order valence-electron chi connectivity index (χ4n) is 2.60. The van der Waals surface area contributed by atoms with Crippen LogP contribution in [0.2, 0.25) is 25.7 Å². The Morgan fingerprint density at radius 1 is 0.812 bits per heavy atom. The Morgan fingerprint density at radius 3 is 1.81 bits per heavy atom. The predicted molar refractivity (Wildman–Crippen MR) is 79.9 cm³/mol. The summed E-state index contributed by atoms with van der Waals surface area (Å²) in [6.07, 6.45) is 11.6. The van der Waals surface area contributed by atoms with Crippen LogP contribution in [0, 0.1) is 5.92 Å². The van der Waals surface area contributed by atoms with Gasteiger partial charge in [-0.05, 0) is 5.92 Å². The first-order chi connectivity index (χ1) is 7.45. The lowest BCUT2D eigenvalue weighted by atomic mass is 10.0. The van der Waals surface area contributed by atoms with Crippen molar-refractivity contribution in [3.05, 3.63) is 0 Å². The van der Waals surface area contributed by atoms with E-state index in [-0.39, 0.29) is 0 Å². The van der Waals surface area contributed by atoms with Gasteiger partial charge in [-0.25, -0.2) is 0 Å². The normalized spacial score (nSPS) is 14.1. The molecule has 0 spiro atoms. The molecule has 0 rings (SSSR count). The summed E-state index contributed by atoms with van der Waals surface area (Å²) in [6.45, 7) is 12.2. The maximum Gasteiger partial charge on any atom is 0.0445 e. The van der Waals surface area contributed by atoms with Gasteiger partial charge in [-0.15, -0.1) is 0 Å². The van der Waals surface area contributed by atoms with Crippen LogP contribution in [0.25, 0.3) is 0 Å². The largest absolute Gasteiger partial charge is 0.0695 e. The molecule has 0 amide bonds. The van der Waals surface area contributed by atoms with Gasteiger partial charge in [-0.2, -0.15) is 0 Å². The molecule has 0 aliphatic heterocycles. The molecule has 0 N–H and O–H groups in total. The molecule has 0 fully saturated rings. The summed E-state index contributed by atoms with van der Waals surface area (Å²) in [6, 6.07) is 1.52. The number of hydrogen-bond donors (Lipinski definition) is 0. The van der Waals surface area contributed by atoms with Crippen molar-refractivity contribution in [2.45, 2.75) is 90.9 Å². The minimum Gasteiger partial charge on any atom is -0.0695 e. The molecule has 0 aromatic rings. The maximum atomic E-state index is 2.49. The predicted octanol–water partition coefficient (Wildman–Crippen LogP) is 6.10. The van der Waals surface area contributed by atoms with E-state index in [4.69, 9.17) is 0 Å². The second-order valence-electron chi connectivity index (χ2n) is 6.78. The SMILES string of the molecule is CCCCCCCCCC(C)C[Si](C)(C)C. The molecule has 0 nitrogen and oxygen atoms in total. The average Bonchev–Trinajstić information content (AvgIpc) is 2.13. The molecule has 16 heavy (non-hydrogen) atoms. The van der Waals surface area contributed by atoms with Crippen LogP contribution >= 0.6 is 0 Å². The number of unbranched alkanes of at least 4 members (excludes halogenated alkanes) is 6. The molecule has 0 saturated heterocycles. The third kappa shape index (κ3) is 12.3. The topological polar surface area (TPSA) is 0 Å². The van der Waals surface area contributed by atoms with Gasteiger partial charge in [0.15, 0.2) is 0 Å². The Bertz CT molecular complexity index is 146. The highest BCUT2D eigenvalue weighted by atomic mass is 28.3. The molecule has 98 valence electrons. The minimum atomic E-state index is -0.806. The van der Waals surface area contributed by atoms with Crippen molar-refractivity contribution in [1.82, 2.24) is 0 Å². The van der Waals surface area contributed by atoms with Crippen molar-refractivity contribution in [2.24, 2.45) is 5.92 Å². The molecule has 0 bridgehead atoms. The molecule has 1 atom stereocenters. The van der Waals surface area contributed by atoms with Gasteiger partial charge in [0, 0.05) is 8.07 Å². The second kappa shape index (κ2) is 9.27. The first kappa shape index (κ1) is 16.2. The van der Waals surface area contributed by atoms with Crippen molar-refractivity contribution >= 4 is 8.07 Å². The summed E-state index contributed by atoms with van der Waals surface area (Å²) in [4.78, 5) is 0. The molecule has 0 aliphatic carbocycles. The van der Waals surface area contributed by atoms with E-state index in [1.807, 2.05) is 0 Å². The first-order valence-corrected chi connectivity index (χ1v) is 11.2. The van der Waals surface area contributed by atoms with Crippen molar-refractivity contribution in [3.63, 3.8) is 0 Å². The molecule has 0 aromatic carbocycles. The van der Waals surface area contributed by atoms with E-state index in [0.717, 1.165) is 5.92 Å². The zero-order chi connectivity index (χ0) is 12.4. The Morgan fingerprint density at radius 2 is 1.31 bits per heavy atom. The van der Waals surface area contributed by atoms with Crippen LogP contribution in [0.4, 0.5) is 0 Å². The summed E-state index contributed by atoms with van der Waals surface area (Å²) in [5.74, 6) is 0.974. The Hall–Kier alpha value is 0.217. The van der Waals surface area contributed by atoms with Gasteiger partial charge >= 0.3 is 0 Å². The van der Waals surface area contributed by atoms with Gasteiger partial charge in [-0.3, -0.25) is 0 Å². The third-order valence-electron chi connectivity index (χ3n) is 3.26. The number of rotatable bonds is 10. The maximum absolute atomic E-state index is 2.49. The Kier molecular flexibility index (Phi) is 9.39. The Balaban J connectivity index is 3.25. The van der Waals surface area contributed by atoms with E-state index in [1.54, 1.807) is 0 Å². The van der Waals surface area contributed by atoms with Gasteiger partial charge in [0.1, 0.15) is 0 Å². The molecule has 0 radical (unpaired) electrons. The smallest absolute Gasteiger partial charge is 0.0445 e. The summed E-state index contributed by atoms with van der Waals surface area (Å²) in [5.41, 5.74) is 0. The van der Waals surface area contributed by atoms with Crippen LogP contribution in [-0.2, 0) is 0 Å². The Labute approximate surface area is 105 Å². The molecule has 0 saturated carbocycles. The first-order valence-electron chi connectivity index (χ1n) is 7.45. The highest BCUT2D eigenvalue weighted by molar-refractivity contribution is 6.76. The van der Waals surface area contributed by atoms with Gasteiger partial charge in [0.25, 0.3) is 0 Å². The minimum absolute atomic E-state index is 0.806. The zero-order valence-corrected chi connectivity index (χ0v) is 13.4. The van der Waals surface area contributed by atoms with Gasteiger partial charge in [0.05, 0.1) is 0 Å².